The molecule has 1 aliphatic heterocycles. The third kappa shape index (κ3) is 3.49. The van der Waals surface area contributed by atoms with Crippen LogP contribution in [0, 0.1) is 19.8 Å². The predicted octanol–water partition coefficient (Wildman–Crippen LogP) is 1.03. The average Bonchev–Trinajstić information content (AvgIpc) is 2.67. The number of hydrogen-bond donors (Lipinski definition) is 2. The summed E-state index contributed by atoms with van der Waals surface area (Å²) in [5, 5.41) is 6.01. The first-order chi connectivity index (χ1) is 8.13. The van der Waals surface area contributed by atoms with Crippen molar-refractivity contribution in [3.8, 4) is 0 Å². The van der Waals surface area contributed by atoms with E-state index in [0.717, 1.165) is 30.9 Å². The van der Waals surface area contributed by atoms with Crippen LogP contribution < -0.4 is 10.6 Å². The van der Waals surface area contributed by atoms with Gasteiger partial charge in [0.15, 0.2) is 0 Å². The standard InChI is InChI=1S/C12H18N4O/c1-8-5-9(2)15-12(14-8)16-11(17)6-10-3-4-13-7-10/h5,10,13H,3-4,6-7H2,1-2H3,(H,14,15,16,17). The fourth-order valence-electron chi connectivity index (χ4n) is 2.11. The molecule has 2 N–H and O–H groups in total. The van der Waals surface area contributed by atoms with Crippen LogP contribution >= 0.6 is 0 Å². The number of nitrogens with zero attached hydrogens (tertiary/aromatic N) is 2. The first-order valence-electron chi connectivity index (χ1n) is 5.96. The van der Waals surface area contributed by atoms with Gasteiger partial charge in [0, 0.05) is 17.8 Å². The first kappa shape index (κ1) is 12.0. The van der Waals surface area contributed by atoms with E-state index in [1.54, 1.807) is 0 Å². The fraction of sp³-hybridized carbons (Fsp3) is 0.583. The summed E-state index contributed by atoms with van der Waals surface area (Å²) in [6.07, 6.45) is 1.62. The molecule has 1 atom stereocenters. The third-order valence-corrected chi connectivity index (χ3v) is 2.87. The van der Waals surface area contributed by atoms with Crippen LogP contribution in [0.1, 0.15) is 24.2 Å². The number of aromatic nitrogens is 2. The zero-order chi connectivity index (χ0) is 12.3. The molecule has 17 heavy (non-hydrogen) atoms. The Morgan fingerprint density at radius 1 is 1.47 bits per heavy atom. The Balaban J connectivity index is 1.92. The Kier molecular flexibility index (Phi) is 3.68. The lowest BCUT2D eigenvalue weighted by atomic mass is 10.1. The molecule has 1 aromatic rings. The molecule has 1 aromatic heterocycles. The van der Waals surface area contributed by atoms with Gasteiger partial charge >= 0.3 is 0 Å². The molecule has 1 fully saturated rings. The van der Waals surface area contributed by atoms with Gasteiger partial charge in [-0.05, 0) is 45.3 Å². The van der Waals surface area contributed by atoms with E-state index >= 15 is 0 Å². The van der Waals surface area contributed by atoms with E-state index < -0.39 is 0 Å². The highest BCUT2D eigenvalue weighted by Gasteiger charge is 2.18. The normalized spacial score (nSPS) is 19.3. The molecule has 0 radical (unpaired) electrons. The number of anilines is 1. The molecule has 0 saturated carbocycles. The molecule has 5 heteroatoms. The van der Waals surface area contributed by atoms with E-state index in [0.29, 0.717) is 18.3 Å². The van der Waals surface area contributed by atoms with E-state index in [9.17, 15) is 4.79 Å². The number of hydrogen-bond acceptors (Lipinski definition) is 4. The quantitative estimate of drug-likeness (QED) is 0.819. The summed E-state index contributed by atoms with van der Waals surface area (Å²) in [5.41, 5.74) is 1.74. The van der Waals surface area contributed by atoms with Gasteiger partial charge in [-0.3, -0.25) is 10.1 Å². The monoisotopic (exact) mass is 234 g/mol. The highest BCUT2D eigenvalue weighted by atomic mass is 16.1. The smallest absolute Gasteiger partial charge is 0.229 e. The molecule has 2 heterocycles. The summed E-state index contributed by atoms with van der Waals surface area (Å²) < 4.78 is 0. The van der Waals surface area contributed by atoms with Gasteiger partial charge in [0.2, 0.25) is 11.9 Å². The summed E-state index contributed by atoms with van der Waals surface area (Å²) in [7, 11) is 0. The van der Waals surface area contributed by atoms with Crippen molar-refractivity contribution in [2.45, 2.75) is 26.7 Å². The summed E-state index contributed by atoms with van der Waals surface area (Å²) in [6, 6.07) is 1.89. The molecule has 92 valence electrons. The van der Waals surface area contributed by atoms with Gasteiger partial charge in [-0.25, -0.2) is 9.97 Å². The highest BCUT2D eigenvalue weighted by molar-refractivity contribution is 5.89. The lowest BCUT2D eigenvalue weighted by Crippen LogP contribution is -2.19. The number of rotatable bonds is 3. The maximum atomic E-state index is 11.8. The van der Waals surface area contributed by atoms with Crippen LogP contribution in [0.15, 0.2) is 6.07 Å². The average molecular weight is 234 g/mol. The molecule has 5 nitrogen and oxygen atoms in total. The number of carbonyl (C=O) groups is 1. The van der Waals surface area contributed by atoms with Gasteiger partial charge in [0.25, 0.3) is 0 Å². The Bertz CT molecular complexity index is 393. The second-order valence-electron chi connectivity index (χ2n) is 4.59. The van der Waals surface area contributed by atoms with Gasteiger partial charge in [0.1, 0.15) is 0 Å². The number of carbonyl (C=O) groups excluding carboxylic acids is 1. The van der Waals surface area contributed by atoms with Crippen LogP contribution in [0.2, 0.25) is 0 Å². The van der Waals surface area contributed by atoms with Crippen molar-refractivity contribution in [2.75, 3.05) is 18.4 Å². The summed E-state index contributed by atoms with van der Waals surface area (Å²) in [4.78, 5) is 20.2. The molecule has 1 unspecified atom stereocenters. The molecule has 0 bridgehead atoms. The van der Waals surface area contributed by atoms with Crippen molar-refractivity contribution in [3.63, 3.8) is 0 Å². The zero-order valence-corrected chi connectivity index (χ0v) is 10.3. The number of amides is 1. The van der Waals surface area contributed by atoms with Crippen molar-refractivity contribution in [1.29, 1.82) is 0 Å². The van der Waals surface area contributed by atoms with Crippen LogP contribution in [-0.2, 0) is 4.79 Å². The Labute approximate surface area is 101 Å². The number of aryl methyl sites for hydroxylation is 2. The van der Waals surface area contributed by atoms with E-state index in [1.807, 2.05) is 19.9 Å². The SMILES string of the molecule is Cc1cc(C)nc(NC(=O)CC2CCNC2)n1. The van der Waals surface area contributed by atoms with E-state index in [4.69, 9.17) is 0 Å². The van der Waals surface area contributed by atoms with Gasteiger partial charge in [-0.1, -0.05) is 0 Å². The van der Waals surface area contributed by atoms with Crippen LogP contribution in [0.4, 0.5) is 5.95 Å². The van der Waals surface area contributed by atoms with Gasteiger partial charge in [-0.15, -0.1) is 0 Å². The van der Waals surface area contributed by atoms with E-state index in [1.165, 1.54) is 0 Å². The molecule has 2 rings (SSSR count). The molecular weight excluding hydrogens is 216 g/mol. The minimum absolute atomic E-state index is 0.00343. The van der Waals surface area contributed by atoms with E-state index in [2.05, 4.69) is 20.6 Å². The second-order valence-corrected chi connectivity index (χ2v) is 4.59. The summed E-state index contributed by atoms with van der Waals surface area (Å²) in [6.45, 7) is 5.73. The molecule has 1 aliphatic rings. The van der Waals surface area contributed by atoms with Crippen molar-refractivity contribution >= 4 is 11.9 Å². The minimum atomic E-state index is 0.00343. The molecule has 1 saturated heterocycles. The maximum Gasteiger partial charge on any atom is 0.229 e. The van der Waals surface area contributed by atoms with Crippen molar-refractivity contribution in [3.05, 3.63) is 17.5 Å². The van der Waals surface area contributed by atoms with Crippen LogP contribution in [-0.4, -0.2) is 29.0 Å². The highest BCUT2D eigenvalue weighted by Crippen LogP contribution is 2.13. The van der Waals surface area contributed by atoms with Crippen LogP contribution in [0.3, 0.4) is 0 Å². The predicted molar refractivity (Wildman–Crippen MR) is 65.7 cm³/mol. The molecule has 0 aliphatic carbocycles. The Morgan fingerprint density at radius 2 is 2.18 bits per heavy atom. The zero-order valence-electron chi connectivity index (χ0n) is 10.3. The largest absolute Gasteiger partial charge is 0.316 e. The van der Waals surface area contributed by atoms with Crippen molar-refractivity contribution < 1.29 is 4.79 Å². The third-order valence-electron chi connectivity index (χ3n) is 2.87. The number of nitrogens with one attached hydrogen (secondary N) is 2. The molecule has 1 amide bonds. The van der Waals surface area contributed by atoms with Crippen molar-refractivity contribution in [1.82, 2.24) is 15.3 Å². The Hall–Kier alpha value is -1.49. The van der Waals surface area contributed by atoms with Gasteiger partial charge < -0.3 is 5.32 Å². The van der Waals surface area contributed by atoms with Gasteiger partial charge in [-0.2, -0.15) is 0 Å². The summed E-state index contributed by atoms with van der Waals surface area (Å²) >= 11 is 0. The maximum absolute atomic E-state index is 11.8. The fourth-order valence-corrected chi connectivity index (χ4v) is 2.11. The molecule has 0 aromatic carbocycles. The summed E-state index contributed by atoms with van der Waals surface area (Å²) in [5.74, 6) is 0.864. The van der Waals surface area contributed by atoms with Crippen LogP contribution in [0.25, 0.3) is 0 Å². The Morgan fingerprint density at radius 3 is 2.76 bits per heavy atom. The second kappa shape index (κ2) is 5.23. The lowest BCUT2D eigenvalue weighted by Gasteiger charge is -2.08. The van der Waals surface area contributed by atoms with E-state index in [-0.39, 0.29) is 5.91 Å². The lowest BCUT2D eigenvalue weighted by molar-refractivity contribution is -0.117. The topological polar surface area (TPSA) is 66.9 Å². The molecule has 0 spiro atoms. The molecular formula is C12H18N4O. The van der Waals surface area contributed by atoms with Crippen LogP contribution in [0.5, 0.6) is 0 Å². The minimum Gasteiger partial charge on any atom is -0.316 e. The first-order valence-corrected chi connectivity index (χ1v) is 5.96. The van der Waals surface area contributed by atoms with Gasteiger partial charge in [0.05, 0.1) is 0 Å². The van der Waals surface area contributed by atoms with Crippen molar-refractivity contribution in [2.24, 2.45) is 5.92 Å².